The first kappa shape index (κ1) is 26.4. The van der Waals surface area contributed by atoms with E-state index in [0.717, 1.165) is 5.56 Å². The molecule has 0 aliphatic carbocycles. The molecule has 4 rings (SSSR count). The summed E-state index contributed by atoms with van der Waals surface area (Å²) in [6.07, 6.45) is 3.70. The van der Waals surface area contributed by atoms with Crippen LogP contribution in [0.4, 0.5) is 0 Å². The Bertz CT molecular complexity index is 1010. The van der Waals surface area contributed by atoms with Crippen molar-refractivity contribution in [2.75, 3.05) is 13.2 Å². The van der Waals surface area contributed by atoms with Crippen LogP contribution in [0.1, 0.15) is 52.0 Å². The van der Waals surface area contributed by atoms with Crippen molar-refractivity contribution in [2.24, 2.45) is 17.8 Å². The number of aliphatic hydroxyl groups excluding tert-OH is 1. The maximum Gasteiger partial charge on any atom is 0.310 e. The van der Waals surface area contributed by atoms with E-state index in [-0.39, 0.29) is 25.0 Å². The Hall–Kier alpha value is -2.71. The Labute approximate surface area is 212 Å². The Morgan fingerprint density at radius 3 is 2.53 bits per heavy atom. The molecule has 1 spiro atoms. The van der Waals surface area contributed by atoms with Crippen LogP contribution in [0.2, 0.25) is 0 Å². The van der Waals surface area contributed by atoms with Crippen molar-refractivity contribution < 1.29 is 29.3 Å². The number of fused-ring (bicyclic) bond motifs is 1. The minimum atomic E-state index is -1.23. The summed E-state index contributed by atoms with van der Waals surface area (Å²) in [5.41, 5.74) is -1.27. The standard InChI is InChI=1S/C28H38N2O6/c1-5-15-29(16-19-11-9-8-10-12-19)25(33)23-28-14-13-27(7-3,36-28)22(26(34)35)21(28)24(32)30(23)20(17-31)18(4)6-2/h5,8-12,18,20-23,31H,1,6-7,13-17H2,2-4H3,(H,34,35)/t18-,20-,21-,22-,23?,27+,28?/m0/s1. The molecular weight excluding hydrogens is 460 g/mol. The number of hydrogen-bond donors (Lipinski definition) is 2. The Kier molecular flexibility index (Phi) is 7.30. The van der Waals surface area contributed by atoms with Crippen LogP contribution < -0.4 is 0 Å². The zero-order valence-corrected chi connectivity index (χ0v) is 21.4. The number of carbonyl (C=O) groups excluding carboxylic acids is 2. The van der Waals surface area contributed by atoms with E-state index in [1.54, 1.807) is 11.0 Å². The largest absolute Gasteiger partial charge is 0.481 e. The molecule has 3 aliphatic heterocycles. The van der Waals surface area contributed by atoms with E-state index < -0.39 is 47.0 Å². The number of carboxylic acid groups (broad SMARTS) is 1. The minimum absolute atomic E-state index is 0.0907. The highest BCUT2D eigenvalue weighted by molar-refractivity contribution is 5.98. The second-order valence-corrected chi connectivity index (χ2v) is 10.5. The number of carbonyl (C=O) groups is 3. The predicted octanol–water partition coefficient (Wildman–Crippen LogP) is 2.85. The van der Waals surface area contributed by atoms with Crippen LogP contribution in [0, 0.1) is 17.8 Å². The monoisotopic (exact) mass is 498 g/mol. The Morgan fingerprint density at radius 2 is 1.97 bits per heavy atom. The molecule has 2 unspecified atom stereocenters. The minimum Gasteiger partial charge on any atom is -0.481 e. The average Bonchev–Trinajstić information content (AvgIpc) is 3.48. The van der Waals surface area contributed by atoms with Crippen LogP contribution in [-0.2, 0) is 25.7 Å². The molecule has 3 fully saturated rings. The summed E-state index contributed by atoms with van der Waals surface area (Å²) in [5, 5.41) is 20.6. The molecule has 3 saturated heterocycles. The molecule has 1 aromatic rings. The molecule has 8 heteroatoms. The lowest BCUT2D eigenvalue weighted by atomic mass is 9.65. The van der Waals surface area contributed by atoms with Gasteiger partial charge in [-0.2, -0.15) is 0 Å². The van der Waals surface area contributed by atoms with Gasteiger partial charge in [0.15, 0.2) is 0 Å². The SMILES string of the molecule is C=CCN(Cc1ccccc1)C(=O)C1N([C@@H](CO)[C@@H](C)CC)C(=O)[C@@H]2[C@@H](C(=O)O)[C@@]3(CC)CCC12O3. The molecule has 0 radical (unpaired) electrons. The number of hydrogen-bond acceptors (Lipinski definition) is 5. The summed E-state index contributed by atoms with van der Waals surface area (Å²) in [5.74, 6) is -3.84. The molecule has 8 nitrogen and oxygen atoms in total. The van der Waals surface area contributed by atoms with Gasteiger partial charge in [-0.25, -0.2) is 0 Å². The first-order chi connectivity index (χ1) is 17.2. The number of aliphatic carboxylic acids is 1. The van der Waals surface area contributed by atoms with E-state index in [2.05, 4.69) is 6.58 Å². The number of benzene rings is 1. The van der Waals surface area contributed by atoms with Crippen molar-refractivity contribution >= 4 is 17.8 Å². The predicted molar refractivity (Wildman–Crippen MR) is 134 cm³/mol. The number of nitrogens with zero attached hydrogens (tertiary/aromatic N) is 2. The summed E-state index contributed by atoms with van der Waals surface area (Å²) in [6, 6.07) is 7.95. The van der Waals surface area contributed by atoms with Gasteiger partial charge in [0.05, 0.1) is 24.2 Å². The quantitative estimate of drug-likeness (QED) is 0.455. The van der Waals surface area contributed by atoms with Crippen molar-refractivity contribution in [1.82, 2.24) is 9.80 Å². The number of likely N-dealkylation sites (tertiary alicyclic amines) is 1. The zero-order valence-electron chi connectivity index (χ0n) is 21.4. The van der Waals surface area contributed by atoms with Crippen LogP contribution in [0.3, 0.4) is 0 Å². The molecule has 2 N–H and O–H groups in total. The summed E-state index contributed by atoms with van der Waals surface area (Å²) in [4.78, 5) is 44.2. The molecule has 2 bridgehead atoms. The Morgan fingerprint density at radius 1 is 1.28 bits per heavy atom. The molecule has 7 atom stereocenters. The summed E-state index contributed by atoms with van der Waals surface area (Å²) in [7, 11) is 0. The summed E-state index contributed by atoms with van der Waals surface area (Å²) < 4.78 is 6.62. The number of ether oxygens (including phenoxy) is 1. The first-order valence-corrected chi connectivity index (χ1v) is 13.0. The molecular formula is C28H38N2O6. The van der Waals surface area contributed by atoms with Crippen molar-refractivity contribution in [1.29, 1.82) is 0 Å². The van der Waals surface area contributed by atoms with Gasteiger partial charge in [0.2, 0.25) is 11.8 Å². The van der Waals surface area contributed by atoms with Gasteiger partial charge in [0, 0.05) is 13.1 Å². The first-order valence-electron chi connectivity index (χ1n) is 13.0. The maximum atomic E-state index is 14.4. The van der Waals surface area contributed by atoms with Gasteiger partial charge in [-0.15, -0.1) is 6.58 Å². The number of rotatable bonds is 11. The highest BCUT2D eigenvalue weighted by Crippen LogP contribution is 2.64. The van der Waals surface area contributed by atoms with Crippen LogP contribution in [0.5, 0.6) is 0 Å². The zero-order chi connectivity index (χ0) is 26.3. The lowest BCUT2D eigenvalue weighted by molar-refractivity contribution is -0.161. The van der Waals surface area contributed by atoms with E-state index in [0.29, 0.717) is 32.2 Å². The second-order valence-electron chi connectivity index (χ2n) is 10.5. The van der Waals surface area contributed by atoms with Crippen LogP contribution >= 0.6 is 0 Å². The molecule has 0 saturated carbocycles. The molecule has 3 aliphatic rings. The molecule has 3 heterocycles. The van der Waals surface area contributed by atoms with Crippen molar-refractivity contribution in [2.45, 2.75) is 76.3 Å². The van der Waals surface area contributed by atoms with E-state index >= 15 is 0 Å². The van der Waals surface area contributed by atoms with E-state index in [4.69, 9.17) is 4.74 Å². The van der Waals surface area contributed by atoms with E-state index in [1.807, 2.05) is 51.1 Å². The van der Waals surface area contributed by atoms with Gasteiger partial charge in [-0.05, 0) is 30.7 Å². The third-order valence-corrected chi connectivity index (χ3v) is 8.84. The number of aliphatic hydroxyl groups is 1. The second kappa shape index (κ2) is 9.98. The van der Waals surface area contributed by atoms with Crippen LogP contribution in [0.25, 0.3) is 0 Å². The van der Waals surface area contributed by atoms with Crippen molar-refractivity contribution in [3.8, 4) is 0 Å². The van der Waals surface area contributed by atoms with Gasteiger partial charge < -0.3 is 24.7 Å². The Balaban J connectivity index is 1.83. The highest BCUT2D eigenvalue weighted by atomic mass is 16.5. The van der Waals surface area contributed by atoms with Crippen LogP contribution in [-0.4, -0.2) is 74.2 Å². The average molecular weight is 499 g/mol. The van der Waals surface area contributed by atoms with Gasteiger partial charge in [0.1, 0.15) is 17.6 Å². The maximum absolute atomic E-state index is 14.4. The van der Waals surface area contributed by atoms with Gasteiger partial charge >= 0.3 is 5.97 Å². The molecule has 1 aromatic carbocycles. The van der Waals surface area contributed by atoms with Crippen molar-refractivity contribution in [3.05, 3.63) is 48.6 Å². The van der Waals surface area contributed by atoms with Gasteiger partial charge in [0.25, 0.3) is 0 Å². The number of carboxylic acids is 1. The van der Waals surface area contributed by atoms with Gasteiger partial charge in [-0.3, -0.25) is 14.4 Å². The van der Waals surface area contributed by atoms with Crippen molar-refractivity contribution in [3.63, 3.8) is 0 Å². The fraction of sp³-hybridized carbons (Fsp3) is 0.607. The summed E-state index contributed by atoms with van der Waals surface area (Å²) in [6.45, 7) is 9.88. The highest BCUT2D eigenvalue weighted by Gasteiger charge is 2.79. The fourth-order valence-electron chi connectivity index (χ4n) is 6.85. The van der Waals surface area contributed by atoms with E-state index in [9.17, 15) is 24.6 Å². The third kappa shape index (κ3) is 3.86. The molecule has 2 amide bonds. The number of amides is 2. The lowest BCUT2D eigenvalue weighted by Gasteiger charge is -2.41. The smallest absolute Gasteiger partial charge is 0.310 e. The fourth-order valence-corrected chi connectivity index (χ4v) is 6.85. The molecule has 196 valence electrons. The topological polar surface area (TPSA) is 107 Å². The normalized spacial score (nSPS) is 32.3. The third-order valence-electron chi connectivity index (χ3n) is 8.84. The summed E-state index contributed by atoms with van der Waals surface area (Å²) >= 11 is 0. The van der Waals surface area contributed by atoms with Gasteiger partial charge in [-0.1, -0.05) is 63.6 Å². The van der Waals surface area contributed by atoms with Crippen LogP contribution in [0.15, 0.2) is 43.0 Å². The van der Waals surface area contributed by atoms with E-state index in [1.165, 1.54) is 4.90 Å². The lowest BCUT2D eigenvalue weighted by Crippen LogP contribution is -2.59. The molecule has 0 aromatic heterocycles. The molecule has 36 heavy (non-hydrogen) atoms.